The minimum absolute atomic E-state index is 0. The van der Waals surface area contributed by atoms with Crippen LogP contribution in [-0.4, -0.2) is 0 Å². The molecule has 0 aromatic heterocycles. The summed E-state index contributed by atoms with van der Waals surface area (Å²) in [5.74, 6) is 0. The van der Waals surface area contributed by atoms with Crippen LogP contribution in [0.3, 0.4) is 0 Å². The molecule has 4 rings (SSSR count). The quantitative estimate of drug-likeness (QED) is 0.527. The fraction of sp³-hybridized carbons (Fsp3) is 0.0909. The summed E-state index contributed by atoms with van der Waals surface area (Å²) in [5.41, 5.74) is 0. The molecule has 0 saturated heterocycles. The second-order valence-electron chi connectivity index (χ2n) is 4.16. The molecule has 0 fully saturated rings. The third kappa shape index (κ3) is 16.5. The van der Waals surface area contributed by atoms with Crippen molar-refractivity contribution in [3.8, 4) is 0 Å². The molecule has 0 radical (unpaired) electrons. The van der Waals surface area contributed by atoms with Crippen LogP contribution in [-0.2, 0) is 26.2 Å². The van der Waals surface area contributed by atoms with Crippen LogP contribution in [0.4, 0.5) is 0 Å². The normalized spacial score (nSPS) is 11.8. The number of hydrogen-bond acceptors (Lipinski definition) is 0. The van der Waals surface area contributed by atoms with Gasteiger partial charge in [0.1, 0.15) is 0 Å². The number of rotatable bonds is 0. The minimum Gasteiger partial charge on any atom is -0.273 e. The summed E-state index contributed by atoms with van der Waals surface area (Å²) in [6.07, 6.45) is 20.0. The maximum absolute atomic E-state index is 2.99. The maximum Gasteiger partial charge on any atom is 4.00 e. The third-order valence-electron chi connectivity index (χ3n) is 2.39. The van der Waals surface area contributed by atoms with Crippen LogP contribution in [0.5, 0.6) is 0 Å². The molecule has 2 aliphatic carbocycles. The van der Waals surface area contributed by atoms with Crippen LogP contribution in [0, 0.1) is 24.3 Å². The van der Waals surface area contributed by atoms with Crippen molar-refractivity contribution < 1.29 is 26.2 Å². The summed E-state index contributed by atoms with van der Waals surface area (Å²) >= 11 is 0. The average molecular weight is 376 g/mol. The Morgan fingerprint density at radius 3 is 1.00 bits per heavy atom. The van der Waals surface area contributed by atoms with E-state index < -0.39 is 0 Å². The van der Waals surface area contributed by atoms with Gasteiger partial charge in [0.15, 0.2) is 0 Å². The van der Waals surface area contributed by atoms with Gasteiger partial charge in [-0.25, -0.2) is 24.3 Å². The second kappa shape index (κ2) is 18.3. The average Bonchev–Trinajstić information content (AvgIpc) is 3.37. The maximum atomic E-state index is 2.99. The Bertz CT molecular complexity index is 424. The van der Waals surface area contributed by atoms with E-state index in [9.17, 15) is 0 Å². The van der Waals surface area contributed by atoms with Gasteiger partial charge >= 0.3 is 26.2 Å². The zero-order valence-electron chi connectivity index (χ0n) is 13.2. The van der Waals surface area contributed by atoms with Crippen molar-refractivity contribution in [2.24, 2.45) is 0 Å². The van der Waals surface area contributed by atoms with Crippen molar-refractivity contribution in [3.05, 3.63) is 121 Å². The van der Waals surface area contributed by atoms with Crippen molar-refractivity contribution in [2.45, 2.75) is 12.8 Å². The minimum atomic E-state index is 0. The predicted molar refractivity (Wildman–Crippen MR) is 93.7 cm³/mol. The third-order valence-corrected chi connectivity index (χ3v) is 2.39. The Labute approximate surface area is 160 Å². The molecule has 0 atom stereocenters. The first-order valence-corrected chi connectivity index (χ1v) is 7.26. The molecular formula is C22H20Zr. The van der Waals surface area contributed by atoms with E-state index in [0.717, 1.165) is 12.8 Å². The molecule has 0 unspecified atom stereocenters. The summed E-state index contributed by atoms with van der Waals surface area (Å²) < 4.78 is 0. The number of hydrogen-bond donors (Lipinski definition) is 0. The fourth-order valence-electron chi connectivity index (χ4n) is 1.36. The topological polar surface area (TPSA) is 0 Å². The van der Waals surface area contributed by atoms with Crippen LogP contribution in [0.25, 0.3) is 0 Å². The van der Waals surface area contributed by atoms with Gasteiger partial charge < -0.3 is 0 Å². The summed E-state index contributed by atoms with van der Waals surface area (Å²) in [5, 5.41) is 0. The second-order valence-corrected chi connectivity index (χ2v) is 4.16. The van der Waals surface area contributed by atoms with E-state index >= 15 is 0 Å². The zero-order chi connectivity index (χ0) is 15.6. The van der Waals surface area contributed by atoms with Crippen LogP contribution in [0.15, 0.2) is 97.1 Å². The summed E-state index contributed by atoms with van der Waals surface area (Å²) in [6, 6.07) is 25.0. The van der Waals surface area contributed by atoms with Gasteiger partial charge in [0.25, 0.3) is 0 Å². The molecule has 2 aromatic rings. The molecule has 112 valence electrons. The molecule has 2 aliphatic rings. The van der Waals surface area contributed by atoms with Gasteiger partial charge in [-0.2, -0.15) is 84.9 Å². The Morgan fingerprint density at radius 1 is 0.522 bits per heavy atom. The molecule has 0 bridgehead atoms. The molecule has 0 heterocycles. The molecule has 0 N–H and O–H groups in total. The van der Waals surface area contributed by atoms with Gasteiger partial charge in [-0.15, -0.1) is 12.8 Å². The largest absolute Gasteiger partial charge is 4.00 e. The molecule has 0 saturated carbocycles. The van der Waals surface area contributed by atoms with E-state index in [4.69, 9.17) is 0 Å². The van der Waals surface area contributed by atoms with Crippen LogP contribution in [0.1, 0.15) is 12.8 Å². The molecule has 1 heteroatoms. The Kier molecular flexibility index (Phi) is 17.0. The van der Waals surface area contributed by atoms with E-state index in [1.165, 1.54) is 0 Å². The monoisotopic (exact) mass is 374 g/mol. The molecule has 0 nitrogen and oxygen atoms in total. The van der Waals surface area contributed by atoms with Crippen molar-refractivity contribution >= 4 is 0 Å². The first-order chi connectivity index (χ1) is 11.0. The molecular weight excluding hydrogens is 355 g/mol. The first kappa shape index (κ1) is 21.3. The molecule has 0 aliphatic heterocycles. The van der Waals surface area contributed by atoms with E-state index in [-0.39, 0.29) is 26.2 Å². The fourth-order valence-corrected chi connectivity index (χ4v) is 1.36. The van der Waals surface area contributed by atoms with E-state index in [0.29, 0.717) is 0 Å². The van der Waals surface area contributed by atoms with Crippen molar-refractivity contribution in [1.29, 1.82) is 0 Å². The molecule has 0 amide bonds. The van der Waals surface area contributed by atoms with E-state index in [1.807, 2.05) is 85.0 Å². The number of benzene rings is 2. The summed E-state index contributed by atoms with van der Waals surface area (Å²) in [7, 11) is 0. The van der Waals surface area contributed by atoms with E-state index in [1.54, 1.807) is 0 Å². The molecule has 0 spiro atoms. The Hall–Kier alpha value is -1.72. The SMILES string of the molecule is [C-]1=CC=CC1.[C-]1=CC=CC1.[Zr+4].[c-]1ccccc1.[c-]1ccccc1. The van der Waals surface area contributed by atoms with Crippen LogP contribution >= 0.6 is 0 Å². The van der Waals surface area contributed by atoms with Gasteiger partial charge in [0, 0.05) is 0 Å². The Balaban J connectivity index is 0.000000278. The first-order valence-electron chi connectivity index (χ1n) is 7.26. The van der Waals surface area contributed by atoms with Crippen molar-refractivity contribution in [3.63, 3.8) is 0 Å². The standard InChI is InChI=1S/2C6H5.2C5H5.Zr/c2*1-2-4-6-5-3-1;2*1-2-4-5-3-1;/h2*1-5H;2*1-3H,4H2;/q4*-1;+4. The predicted octanol–water partition coefficient (Wildman–Crippen LogP) is 5.58. The van der Waals surface area contributed by atoms with Gasteiger partial charge in [-0.1, -0.05) is 0 Å². The van der Waals surface area contributed by atoms with Gasteiger partial charge in [-0.3, -0.25) is 12.2 Å². The van der Waals surface area contributed by atoms with Crippen LogP contribution < -0.4 is 0 Å². The van der Waals surface area contributed by atoms with Crippen molar-refractivity contribution in [2.75, 3.05) is 0 Å². The zero-order valence-corrected chi connectivity index (χ0v) is 15.6. The van der Waals surface area contributed by atoms with Gasteiger partial charge in [0.05, 0.1) is 0 Å². The summed E-state index contributed by atoms with van der Waals surface area (Å²) in [4.78, 5) is 0. The summed E-state index contributed by atoms with van der Waals surface area (Å²) in [6.45, 7) is 0. The molecule has 23 heavy (non-hydrogen) atoms. The number of allylic oxidation sites excluding steroid dienone is 8. The Morgan fingerprint density at radius 2 is 0.913 bits per heavy atom. The van der Waals surface area contributed by atoms with Gasteiger partial charge in [0.2, 0.25) is 0 Å². The van der Waals surface area contributed by atoms with Gasteiger partial charge in [-0.05, 0) is 0 Å². The van der Waals surface area contributed by atoms with Crippen LogP contribution in [0.2, 0.25) is 0 Å². The molecule has 2 aromatic carbocycles. The van der Waals surface area contributed by atoms with E-state index in [2.05, 4.69) is 36.4 Å². The smallest absolute Gasteiger partial charge is 0.273 e. The van der Waals surface area contributed by atoms with Crippen molar-refractivity contribution in [1.82, 2.24) is 0 Å².